The van der Waals surface area contributed by atoms with Gasteiger partial charge < -0.3 is 9.64 Å². The van der Waals surface area contributed by atoms with Crippen molar-refractivity contribution in [2.45, 2.75) is 19.4 Å². The van der Waals surface area contributed by atoms with Gasteiger partial charge in [0.25, 0.3) is 0 Å². The second-order valence-corrected chi connectivity index (χ2v) is 5.66. The molecule has 0 fully saturated rings. The Kier molecular flexibility index (Phi) is 3.98. The molecule has 0 saturated carbocycles. The molecule has 0 amide bonds. The van der Waals surface area contributed by atoms with Crippen LogP contribution in [0.1, 0.15) is 19.4 Å². The van der Waals surface area contributed by atoms with Crippen LogP contribution in [0.3, 0.4) is 0 Å². The van der Waals surface area contributed by atoms with E-state index in [4.69, 9.17) is 4.74 Å². The van der Waals surface area contributed by atoms with Crippen molar-refractivity contribution in [3.8, 4) is 0 Å². The maximum atomic E-state index is 12.4. The van der Waals surface area contributed by atoms with Crippen LogP contribution in [-0.2, 0) is 14.3 Å². The minimum atomic E-state index is -0.810. The second kappa shape index (κ2) is 5.56. The third kappa shape index (κ3) is 3.05. The molecular formula is C17H19NO3. The van der Waals surface area contributed by atoms with Crippen LogP contribution >= 0.6 is 0 Å². The average molecular weight is 285 g/mol. The van der Waals surface area contributed by atoms with E-state index in [1.165, 1.54) is 6.08 Å². The molecule has 0 unspecified atom stereocenters. The number of hydrogen-bond donors (Lipinski definition) is 0. The van der Waals surface area contributed by atoms with Gasteiger partial charge in [-0.25, -0.2) is 4.79 Å². The standard InChI is InChI=1S/C17H19NO3/c1-17(2)15(12-8-6-5-7-9-12)14(16(20)21-17)13(19)10-11-18(3)4/h5-11H,1-4H3/b11-10+. The van der Waals surface area contributed by atoms with Gasteiger partial charge in [-0.1, -0.05) is 30.3 Å². The summed E-state index contributed by atoms with van der Waals surface area (Å²) in [4.78, 5) is 26.2. The fourth-order valence-corrected chi connectivity index (χ4v) is 2.36. The van der Waals surface area contributed by atoms with Crippen molar-refractivity contribution in [3.05, 3.63) is 53.7 Å². The van der Waals surface area contributed by atoms with Gasteiger partial charge in [-0.15, -0.1) is 0 Å². The smallest absolute Gasteiger partial charge is 0.343 e. The highest BCUT2D eigenvalue weighted by molar-refractivity contribution is 6.29. The molecule has 4 nitrogen and oxygen atoms in total. The van der Waals surface area contributed by atoms with E-state index in [-0.39, 0.29) is 11.4 Å². The van der Waals surface area contributed by atoms with Gasteiger partial charge in [-0.2, -0.15) is 0 Å². The van der Waals surface area contributed by atoms with Gasteiger partial charge in [0, 0.05) is 31.9 Å². The van der Waals surface area contributed by atoms with E-state index < -0.39 is 11.6 Å². The van der Waals surface area contributed by atoms with Gasteiger partial charge >= 0.3 is 5.97 Å². The van der Waals surface area contributed by atoms with E-state index in [1.54, 1.807) is 24.9 Å². The molecule has 0 N–H and O–H groups in total. The number of cyclic esters (lactones) is 1. The Morgan fingerprint density at radius 2 is 1.81 bits per heavy atom. The summed E-state index contributed by atoms with van der Waals surface area (Å²) in [5, 5.41) is 0. The number of esters is 1. The first-order valence-electron chi connectivity index (χ1n) is 6.75. The number of hydrogen-bond acceptors (Lipinski definition) is 4. The number of rotatable bonds is 4. The first-order valence-corrected chi connectivity index (χ1v) is 6.75. The van der Waals surface area contributed by atoms with Crippen molar-refractivity contribution in [1.29, 1.82) is 0 Å². The molecule has 4 heteroatoms. The summed E-state index contributed by atoms with van der Waals surface area (Å²) in [6.07, 6.45) is 3.01. The van der Waals surface area contributed by atoms with Crippen LogP contribution in [0.25, 0.3) is 5.57 Å². The van der Waals surface area contributed by atoms with Crippen LogP contribution < -0.4 is 0 Å². The van der Waals surface area contributed by atoms with Gasteiger partial charge in [0.15, 0.2) is 5.78 Å². The molecule has 0 radical (unpaired) electrons. The van der Waals surface area contributed by atoms with E-state index in [2.05, 4.69) is 0 Å². The molecule has 0 aliphatic carbocycles. The highest BCUT2D eigenvalue weighted by Crippen LogP contribution is 2.39. The van der Waals surface area contributed by atoms with Crippen LogP contribution in [-0.4, -0.2) is 36.3 Å². The summed E-state index contributed by atoms with van der Waals surface area (Å²) in [6, 6.07) is 9.39. The van der Waals surface area contributed by atoms with Gasteiger partial charge in [-0.05, 0) is 19.4 Å². The molecule has 1 aliphatic rings. The lowest BCUT2D eigenvalue weighted by Gasteiger charge is -2.21. The lowest BCUT2D eigenvalue weighted by molar-refractivity contribution is -0.144. The first-order chi connectivity index (χ1) is 9.83. The molecular weight excluding hydrogens is 266 g/mol. The fourth-order valence-electron chi connectivity index (χ4n) is 2.36. The summed E-state index contributed by atoms with van der Waals surface area (Å²) in [5.41, 5.74) is 0.774. The lowest BCUT2D eigenvalue weighted by atomic mass is 9.88. The molecule has 2 rings (SSSR count). The Morgan fingerprint density at radius 3 is 2.38 bits per heavy atom. The van der Waals surface area contributed by atoms with Crippen molar-refractivity contribution >= 4 is 17.3 Å². The predicted molar refractivity (Wildman–Crippen MR) is 81.4 cm³/mol. The minimum Gasteiger partial charge on any atom is -0.451 e. The number of benzene rings is 1. The van der Waals surface area contributed by atoms with E-state index in [1.807, 2.05) is 44.4 Å². The Labute approximate surface area is 124 Å². The Hall–Kier alpha value is -2.36. The Balaban J connectivity index is 2.55. The normalized spacial score (nSPS) is 17.2. The van der Waals surface area contributed by atoms with Crippen molar-refractivity contribution < 1.29 is 14.3 Å². The Morgan fingerprint density at radius 1 is 1.19 bits per heavy atom. The van der Waals surface area contributed by atoms with Crippen molar-refractivity contribution in [2.24, 2.45) is 0 Å². The monoisotopic (exact) mass is 285 g/mol. The number of carbonyl (C=O) groups is 2. The molecule has 0 aromatic heterocycles. The average Bonchev–Trinajstić information content (AvgIpc) is 2.66. The van der Waals surface area contributed by atoms with E-state index >= 15 is 0 Å². The molecule has 0 bridgehead atoms. The predicted octanol–water partition coefficient (Wildman–Crippen LogP) is 2.42. The van der Waals surface area contributed by atoms with Crippen LogP contribution in [0, 0.1) is 0 Å². The zero-order valence-corrected chi connectivity index (χ0v) is 12.7. The number of ether oxygens (including phenoxy) is 1. The van der Waals surface area contributed by atoms with Crippen molar-refractivity contribution in [1.82, 2.24) is 4.90 Å². The fraction of sp³-hybridized carbons (Fsp3) is 0.294. The summed E-state index contributed by atoms with van der Waals surface area (Å²) in [7, 11) is 3.63. The maximum Gasteiger partial charge on any atom is 0.343 e. The van der Waals surface area contributed by atoms with Crippen LogP contribution in [0.2, 0.25) is 0 Å². The van der Waals surface area contributed by atoms with Crippen LogP contribution in [0.4, 0.5) is 0 Å². The van der Waals surface area contributed by atoms with Gasteiger partial charge in [0.2, 0.25) is 0 Å². The van der Waals surface area contributed by atoms with E-state index in [0.29, 0.717) is 5.57 Å². The molecule has 0 spiro atoms. The van der Waals surface area contributed by atoms with Crippen molar-refractivity contribution in [3.63, 3.8) is 0 Å². The molecule has 1 aromatic carbocycles. The zero-order chi connectivity index (χ0) is 15.6. The molecule has 0 saturated heterocycles. The summed E-state index contributed by atoms with van der Waals surface area (Å²) < 4.78 is 5.37. The lowest BCUT2D eigenvalue weighted by Crippen LogP contribution is -2.22. The highest BCUT2D eigenvalue weighted by Gasteiger charge is 2.43. The largest absolute Gasteiger partial charge is 0.451 e. The zero-order valence-electron chi connectivity index (χ0n) is 12.7. The molecule has 1 aromatic rings. The maximum absolute atomic E-state index is 12.4. The summed E-state index contributed by atoms with van der Waals surface area (Å²) in [5.74, 6) is -0.898. The Bertz CT molecular complexity index is 625. The SMILES string of the molecule is CN(C)/C=C/C(=O)C1=C(c2ccccc2)C(C)(C)OC1=O. The van der Waals surface area contributed by atoms with Crippen LogP contribution in [0.15, 0.2) is 48.2 Å². The number of ketones is 1. The van der Waals surface area contributed by atoms with E-state index in [9.17, 15) is 9.59 Å². The van der Waals surface area contributed by atoms with Gasteiger partial charge in [0.05, 0.1) is 0 Å². The quantitative estimate of drug-likeness (QED) is 0.484. The first kappa shape index (κ1) is 15.0. The minimum absolute atomic E-state index is 0.115. The van der Waals surface area contributed by atoms with Gasteiger partial charge in [-0.3, -0.25) is 4.79 Å². The number of nitrogens with zero attached hydrogens (tertiary/aromatic N) is 1. The van der Waals surface area contributed by atoms with Crippen LogP contribution in [0.5, 0.6) is 0 Å². The topological polar surface area (TPSA) is 46.6 Å². The highest BCUT2D eigenvalue weighted by atomic mass is 16.6. The van der Waals surface area contributed by atoms with Gasteiger partial charge in [0.1, 0.15) is 11.2 Å². The molecule has 1 heterocycles. The van der Waals surface area contributed by atoms with E-state index in [0.717, 1.165) is 5.56 Å². The number of allylic oxidation sites excluding steroid dienone is 1. The second-order valence-electron chi connectivity index (χ2n) is 5.66. The summed E-state index contributed by atoms with van der Waals surface area (Å²) >= 11 is 0. The third-order valence-electron chi connectivity index (χ3n) is 3.24. The third-order valence-corrected chi connectivity index (χ3v) is 3.24. The van der Waals surface area contributed by atoms with Crippen molar-refractivity contribution in [2.75, 3.05) is 14.1 Å². The summed E-state index contributed by atoms with van der Waals surface area (Å²) in [6.45, 7) is 3.59. The molecule has 1 aliphatic heterocycles. The molecule has 110 valence electrons. The number of carbonyl (C=O) groups excluding carboxylic acids is 2. The molecule has 0 atom stereocenters. The molecule has 21 heavy (non-hydrogen) atoms.